The number of aromatic nitrogens is 2. The molecule has 1 amide bonds. The Bertz CT molecular complexity index is 561. The van der Waals surface area contributed by atoms with E-state index in [9.17, 15) is 4.79 Å². The summed E-state index contributed by atoms with van der Waals surface area (Å²) >= 11 is 1.58. The van der Waals surface area contributed by atoms with Crippen molar-refractivity contribution in [2.45, 2.75) is 19.9 Å². The molecule has 2 heterocycles. The average molecular weight is 281 g/mol. The molecule has 0 saturated heterocycles. The van der Waals surface area contributed by atoms with Gasteiger partial charge in [-0.15, -0.1) is 11.3 Å². The molecule has 2 aromatic rings. The van der Waals surface area contributed by atoms with E-state index in [4.69, 9.17) is 5.73 Å². The molecular formula is C12H19N5OS. The number of anilines is 1. The Morgan fingerprint density at radius 2 is 2.42 bits per heavy atom. The summed E-state index contributed by atoms with van der Waals surface area (Å²) in [7, 11) is 1.83. The van der Waals surface area contributed by atoms with Crippen molar-refractivity contribution in [2.24, 2.45) is 5.73 Å². The Morgan fingerprint density at radius 1 is 1.63 bits per heavy atom. The molecular weight excluding hydrogens is 262 g/mol. The van der Waals surface area contributed by atoms with Crippen LogP contribution in [0, 0.1) is 0 Å². The van der Waals surface area contributed by atoms with E-state index in [2.05, 4.69) is 21.6 Å². The fourth-order valence-electron chi connectivity index (χ4n) is 1.98. The minimum absolute atomic E-state index is 0.172. The molecule has 104 valence electrons. The van der Waals surface area contributed by atoms with Crippen molar-refractivity contribution in [1.82, 2.24) is 14.7 Å². The summed E-state index contributed by atoms with van der Waals surface area (Å²) in [6.07, 6.45) is 3.08. The van der Waals surface area contributed by atoms with Crippen molar-refractivity contribution in [3.05, 3.63) is 17.3 Å². The number of nitrogens with two attached hydrogens (primary N) is 1. The second-order valence-corrected chi connectivity index (χ2v) is 5.31. The third-order valence-electron chi connectivity index (χ3n) is 2.81. The van der Waals surface area contributed by atoms with Crippen molar-refractivity contribution in [3.63, 3.8) is 0 Å². The summed E-state index contributed by atoms with van der Waals surface area (Å²) in [6.45, 7) is 3.98. The monoisotopic (exact) mass is 281 g/mol. The normalized spacial score (nSPS) is 11.1. The van der Waals surface area contributed by atoms with Gasteiger partial charge in [0.25, 0.3) is 0 Å². The van der Waals surface area contributed by atoms with Crippen LogP contribution in [0.1, 0.15) is 19.0 Å². The lowest BCUT2D eigenvalue weighted by molar-refractivity contribution is -0.116. The second kappa shape index (κ2) is 6.03. The van der Waals surface area contributed by atoms with E-state index in [-0.39, 0.29) is 12.5 Å². The maximum atomic E-state index is 11.0. The number of hydrogen-bond acceptors (Lipinski definition) is 5. The number of likely N-dealkylation sites (N-methyl/N-ethyl adjacent to an activating group) is 1. The van der Waals surface area contributed by atoms with E-state index < -0.39 is 0 Å². The molecule has 0 spiro atoms. The third kappa shape index (κ3) is 3.05. The van der Waals surface area contributed by atoms with Crippen LogP contribution in [0.15, 0.2) is 11.6 Å². The van der Waals surface area contributed by atoms with Crippen LogP contribution in [0.3, 0.4) is 0 Å². The quantitative estimate of drug-likeness (QED) is 0.737. The third-order valence-corrected chi connectivity index (χ3v) is 3.57. The molecule has 0 fully saturated rings. The molecule has 19 heavy (non-hydrogen) atoms. The highest BCUT2D eigenvalue weighted by Crippen LogP contribution is 2.23. The van der Waals surface area contributed by atoms with Gasteiger partial charge in [-0.25, -0.2) is 4.98 Å². The number of nitrogens with zero attached hydrogens (tertiary/aromatic N) is 3. The van der Waals surface area contributed by atoms with Crippen LogP contribution >= 0.6 is 11.3 Å². The maximum Gasteiger partial charge on any atom is 0.236 e. The first-order chi connectivity index (χ1) is 9.13. The summed E-state index contributed by atoms with van der Waals surface area (Å²) < 4.78 is 2.06. The zero-order chi connectivity index (χ0) is 13.8. The number of amides is 1. The van der Waals surface area contributed by atoms with Crippen LogP contribution in [0.5, 0.6) is 0 Å². The van der Waals surface area contributed by atoms with Gasteiger partial charge in [-0.1, -0.05) is 6.92 Å². The molecule has 0 aliphatic carbocycles. The van der Waals surface area contributed by atoms with E-state index in [0.717, 1.165) is 36.0 Å². The van der Waals surface area contributed by atoms with Gasteiger partial charge >= 0.3 is 0 Å². The average Bonchev–Trinajstić information content (AvgIpc) is 2.90. The molecule has 3 N–H and O–H groups in total. The minimum atomic E-state index is -0.355. The van der Waals surface area contributed by atoms with Gasteiger partial charge in [-0.3, -0.25) is 9.20 Å². The Balaban J connectivity index is 2.27. The van der Waals surface area contributed by atoms with Gasteiger partial charge in [0.15, 0.2) is 10.8 Å². The molecule has 0 aliphatic heterocycles. The Kier molecular flexibility index (Phi) is 4.39. The fourth-order valence-corrected chi connectivity index (χ4v) is 2.71. The van der Waals surface area contributed by atoms with Crippen molar-refractivity contribution in [1.29, 1.82) is 0 Å². The standard InChI is InChI=1S/C12H19N5OS/c1-3-4-14-7-9-11(16(2)8-10(13)18)15-12-17(9)5-6-19-12/h5-6,14H,3-4,7-8H2,1-2H3,(H2,13,18). The van der Waals surface area contributed by atoms with Crippen molar-refractivity contribution < 1.29 is 4.79 Å². The second-order valence-electron chi connectivity index (χ2n) is 4.44. The first-order valence-corrected chi connectivity index (χ1v) is 7.16. The lowest BCUT2D eigenvalue weighted by Crippen LogP contribution is -2.31. The molecule has 6 nitrogen and oxygen atoms in total. The van der Waals surface area contributed by atoms with Crippen molar-refractivity contribution in [2.75, 3.05) is 25.0 Å². The van der Waals surface area contributed by atoms with E-state index in [0.29, 0.717) is 0 Å². The van der Waals surface area contributed by atoms with Crippen molar-refractivity contribution in [3.8, 4) is 0 Å². The number of imidazole rings is 1. The predicted molar refractivity (Wildman–Crippen MR) is 77.5 cm³/mol. The summed E-state index contributed by atoms with van der Waals surface area (Å²) in [5.41, 5.74) is 6.31. The lowest BCUT2D eigenvalue weighted by Gasteiger charge is -2.16. The SMILES string of the molecule is CCCNCc1c(N(C)CC(N)=O)nc2sccn12. The smallest absolute Gasteiger partial charge is 0.236 e. The number of primary amides is 1. The summed E-state index contributed by atoms with van der Waals surface area (Å²) in [6, 6.07) is 0. The first kappa shape index (κ1) is 13.8. The van der Waals surface area contributed by atoms with E-state index in [1.165, 1.54) is 0 Å². The Morgan fingerprint density at radius 3 is 3.11 bits per heavy atom. The number of rotatable bonds is 7. The number of carbonyl (C=O) groups is 1. The number of thiazole rings is 1. The van der Waals surface area contributed by atoms with Gasteiger partial charge in [-0.2, -0.15) is 0 Å². The highest BCUT2D eigenvalue weighted by atomic mass is 32.1. The number of fused-ring (bicyclic) bond motifs is 1. The van der Waals surface area contributed by atoms with Gasteiger partial charge in [-0.05, 0) is 13.0 Å². The summed E-state index contributed by atoms with van der Waals surface area (Å²) in [5.74, 6) is 0.459. The van der Waals surface area contributed by atoms with Crippen LogP contribution in [-0.2, 0) is 11.3 Å². The molecule has 0 aliphatic rings. The van der Waals surface area contributed by atoms with Crippen LogP contribution in [0.4, 0.5) is 5.82 Å². The van der Waals surface area contributed by atoms with Crippen LogP contribution in [-0.4, -0.2) is 35.4 Å². The molecule has 0 radical (unpaired) electrons. The van der Waals surface area contributed by atoms with Gasteiger partial charge in [0.2, 0.25) is 5.91 Å². The number of carbonyl (C=O) groups excluding carboxylic acids is 1. The van der Waals surface area contributed by atoms with Crippen LogP contribution < -0.4 is 16.0 Å². The number of nitrogens with one attached hydrogen (secondary N) is 1. The van der Waals surface area contributed by atoms with Gasteiger partial charge in [0.1, 0.15) is 0 Å². The van der Waals surface area contributed by atoms with Gasteiger partial charge in [0, 0.05) is 25.2 Å². The lowest BCUT2D eigenvalue weighted by atomic mass is 10.3. The largest absolute Gasteiger partial charge is 0.368 e. The Labute approximate surface area is 116 Å². The van der Waals surface area contributed by atoms with Gasteiger partial charge in [0.05, 0.1) is 12.2 Å². The maximum absolute atomic E-state index is 11.0. The molecule has 2 rings (SSSR count). The van der Waals surface area contributed by atoms with E-state index in [1.54, 1.807) is 16.2 Å². The first-order valence-electron chi connectivity index (χ1n) is 6.28. The summed E-state index contributed by atoms with van der Waals surface area (Å²) in [5, 5.41) is 5.37. The molecule has 0 atom stereocenters. The highest BCUT2D eigenvalue weighted by molar-refractivity contribution is 7.15. The zero-order valence-electron chi connectivity index (χ0n) is 11.2. The molecule has 0 unspecified atom stereocenters. The van der Waals surface area contributed by atoms with Crippen molar-refractivity contribution >= 4 is 28.0 Å². The highest BCUT2D eigenvalue weighted by Gasteiger charge is 2.17. The predicted octanol–water partition coefficient (Wildman–Crippen LogP) is 0.817. The topological polar surface area (TPSA) is 75.7 Å². The number of hydrogen-bond donors (Lipinski definition) is 2. The molecule has 0 aromatic carbocycles. The van der Waals surface area contributed by atoms with E-state index >= 15 is 0 Å². The Hall–Kier alpha value is -1.60. The molecule has 0 saturated carbocycles. The van der Waals surface area contributed by atoms with E-state index in [1.807, 2.05) is 18.6 Å². The van der Waals surface area contributed by atoms with Gasteiger partial charge < -0.3 is 16.0 Å². The summed E-state index contributed by atoms with van der Waals surface area (Å²) in [4.78, 5) is 18.3. The fraction of sp³-hybridized carbons (Fsp3) is 0.500. The molecule has 0 bridgehead atoms. The zero-order valence-corrected chi connectivity index (χ0v) is 12.0. The molecule has 2 aromatic heterocycles. The van der Waals surface area contributed by atoms with Crippen LogP contribution in [0.2, 0.25) is 0 Å². The molecule has 7 heteroatoms. The van der Waals surface area contributed by atoms with Crippen LogP contribution in [0.25, 0.3) is 4.96 Å². The minimum Gasteiger partial charge on any atom is -0.368 e.